The Morgan fingerprint density at radius 3 is 2.91 bits per heavy atom. The van der Waals surface area contributed by atoms with Gasteiger partial charge in [-0.25, -0.2) is 8.42 Å². The number of hydrogen-bond donors (Lipinski definition) is 0. The summed E-state index contributed by atoms with van der Waals surface area (Å²) in [5, 5.41) is 0. The minimum atomic E-state index is -3.52. The predicted molar refractivity (Wildman–Crippen MR) is 83.4 cm³/mol. The SMILES string of the molecule is O=S(=O)(c1cccnc1)N1CCO[C@H]2[C@H](OCC3CC3)CC[C@@H]21. The summed E-state index contributed by atoms with van der Waals surface area (Å²) in [5.41, 5.74) is 0. The average Bonchev–Trinajstić information content (AvgIpc) is 3.32. The quantitative estimate of drug-likeness (QED) is 0.812. The Hall–Kier alpha value is -1.02. The normalized spacial score (nSPS) is 31.9. The Balaban J connectivity index is 1.51. The van der Waals surface area contributed by atoms with Crippen LogP contribution in [0.15, 0.2) is 29.4 Å². The molecule has 7 heteroatoms. The molecule has 1 aromatic rings. The Labute approximate surface area is 136 Å². The second kappa shape index (κ2) is 6.12. The third kappa shape index (κ3) is 3.03. The molecule has 3 aliphatic rings. The van der Waals surface area contributed by atoms with Gasteiger partial charge in [-0.15, -0.1) is 0 Å². The van der Waals surface area contributed by atoms with Gasteiger partial charge in [0.1, 0.15) is 11.0 Å². The summed E-state index contributed by atoms with van der Waals surface area (Å²) in [6.07, 6.45) is 7.03. The van der Waals surface area contributed by atoms with Crippen LogP contribution in [-0.4, -0.2) is 55.7 Å². The average molecular weight is 338 g/mol. The lowest BCUT2D eigenvalue weighted by molar-refractivity contribution is -0.0977. The highest BCUT2D eigenvalue weighted by Gasteiger charge is 2.47. The van der Waals surface area contributed by atoms with E-state index in [-0.39, 0.29) is 23.1 Å². The topological polar surface area (TPSA) is 68.7 Å². The smallest absolute Gasteiger partial charge is 0.245 e. The van der Waals surface area contributed by atoms with Crippen molar-refractivity contribution in [1.82, 2.24) is 9.29 Å². The maximum Gasteiger partial charge on any atom is 0.245 e. The summed E-state index contributed by atoms with van der Waals surface area (Å²) in [5.74, 6) is 0.702. The first kappa shape index (κ1) is 15.5. The van der Waals surface area contributed by atoms with E-state index in [9.17, 15) is 8.42 Å². The first-order chi connectivity index (χ1) is 11.2. The third-order valence-electron chi connectivity index (χ3n) is 4.97. The number of aromatic nitrogens is 1. The highest BCUT2D eigenvalue weighted by Crippen LogP contribution is 2.37. The van der Waals surface area contributed by atoms with Crippen LogP contribution < -0.4 is 0 Å². The van der Waals surface area contributed by atoms with Gasteiger partial charge in [0.25, 0.3) is 0 Å². The highest BCUT2D eigenvalue weighted by molar-refractivity contribution is 7.89. The number of rotatable bonds is 5. The molecule has 1 aliphatic heterocycles. The third-order valence-corrected chi connectivity index (χ3v) is 6.88. The molecule has 1 saturated heterocycles. The molecule has 2 aliphatic carbocycles. The van der Waals surface area contributed by atoms with E-state index in [1.54, 1.807) is 22.6 Å². The Morgan fingerprint density at radius 1 is 1.30 bits per heavy atom. The minimum Gasteiger partial charge on any atom is -0.375 e. The van der Waals surface area contributed by atoms with Gasteiger partial charge in [0.15, 0.2) is 0 Å². The summed E-state index contributed by atoms with van der Waals surface area (Å²) >= 11 is 0. The molecule has 3 fully saturated rings. The fraction of sp³-hybridized carbons (Fsp3) is 0.688. The molecule has 2 heterocycles. The predicted octanol–water partition coefficient (Wildman–Crippen LogP) is 1.43. The summed E-state index contributed by atoms with van der Waals surface area (Å²) in [6, 6.07) is 3.13. The van der Waals surface area contributed by atoms with E-state index >= 15 is 0 Å². The standard InChI is InChI=1S/C16H22N2O4S/c19-23(20,13-2-1-7-17-10-13)18-8-9-21-16-14(18)5-6-15(16)22-11-12-3-4-12/h1-2,7,10,12,14-16H,3-6,8-9,11H2/t14-,15+,16+/m0/s1. The number of ether oxygens (including phenoxy) is 2. The monoisotopic (exact) mass is 338 g/mol. The number of nitrogens with zero attached hydrogens (tertiary/aromatic N) is 2. The molecule has 1 aromatic heterocycles. The highest BCUT2D eigenvalue weighted by atomic mass is 32.2. The molecule has 0 N–H and O–H groups in total. The number of sulfonamides is 1. The lowest BCUT2D eigenvalue weighted by atomic mass is 10.1. The Bertz CT molecular complexity index is 647. The van der Waals surface area contributed by atoms with Crippen molar-refractivity contribution < 1.29 is 17.9 Å². The van der Waals surface area contributed by atoms with E-state index in [0.717, 1.165) is 19.4 Å². The van der Waals surface area contributed by atoms with Crippen LogP contribution in [0.4, 0.5) is 0 Å². The van der Waals surface area contributed by atoms with Crippen molar-refractivity contribution in [1.29, 1.82) is 0 Å². The summed E-state index contributed by atoms with van der Waals surface area (Å²) < 4.78 is 39.3. The number of fused-ring (bicyclic) bond motifs is 1. The Kier molecular flexibility index (Phi) is 4.13. The van der Waals surface area contributed by atoms with Crippen molar-refractivity contribution in [3.8, 4) is 0 Å². The molecular formula is C16H22N2O4S. The molecule has 4 rings (SSSR count). The van der Waals surface area contributed by atoms with Gasteiger partial charge in [-0.2, -0.15) is 4.31 Å². The molecule has 126 valence electrons. The second-order valence-corrected chi connectivity index (χ2v) is 8.49. The Morgan fingerprint density at radius 2 is 2.17 bits per heavy atom. The number of morpholine rings is 1. The van der Waals surface area contributed by atoms with Crippen LogP contribution in [-0.2, 0) is 19.5 Å². The van der Waals surface area contributed by atoms with Crippen molar-refractivity contribution in [3.05, 3.63) is 24.5 Å². The van der Waals surface area contributed by atoms with Crippen LogP contribution >= 0.6 is 0 Å². The summed E-state index contributed by atoms with van der Waals surface area (Å²) in [4.78, 5) is 4.19. The lowest BCUT2D eigenvalue weighted by Gasteiger charge is -2.38. The first-order valence-electron chi connectivity index (χ1n) is 8.31. The largest absolute Gasteiger partial charge is 0.375 e. The molecule has 6 nitrogen and oxygen atoms in total. The fourth-order valence-corrected chi connectivity index (χ4v) is 5.15. The molecule has 0 spiro atoms. The van der Waals surface area contributed by atoms with Gasteiger partial charge in [0.2, 0.25) is 10.0 Å². The zero-order valence-electron chi connectivity index (χ0n) is 13.0. The molecular weight excluding hydrogens is 316 g/mol. The van der Waals surface area contributed by atoms with Crippen LogP contribution in [0.2, 0.25) is 0 Å². The summed E-state index contributed by atoms with van der Waals surface area (Å²) in [6.45, 7) is 1.60. The van der Waals surface area contributed by atoms with Gasteiger partial charge < -0.3 is 9.47 Å². The number of hydrogen-bond acceptors (Lipinski definition) is 5. The molecule has 23 heavy (non-hydrogen) atoms. The van der Waals surface area contributed by atoms with Crippen molar-refractivity contribution in [2.24, 2.45) is 5.92 Å². The zero-order valence-corrected chi connectivity index (χ0v) is 13.8. The first-order valence-corrected chi connectivity index (χ1v) is 9.75. The molecule has 2 saturated carbocycles. The van der Waals surface area contributed by atoms with Gasteiger partial charge in [-0.3, -0.25) is 4.98 Å². The van der Waals surface area contributed by atoms with E-state index < -0.39 is 10.0 Å². The van der Waals surface area contributed by atoms with Gasteiger partial charge in [-0.1, -0.05) is 0 Å². The van der Waals surface area contributed by atoms with Gasteiger partial charge in [0.05, 0.1) is 18.8 Å². The van der Waals surface area contributed by atoms with Gasteiger partial charge >= 0.3 is 0 Å². The van der Waals surface area contributed by atoms with E-state index in [1.807, 2.05) is 0 Å². The molecule has 0 unspecified atom stereocenters. The fourth-order valence-electron chi connectivity index (χ4n) is 3.54. The van der Waals surface area contributed by atoms with Crippen molar-refractivity contribution in [2.45, 2.75) is 48.8 Å². The number of pyridine rings is 1. The lowest BCUT2D eigenvalue weighted by Crippen LogP contribution is -2.53. The van der Waals surface area contributed by atoms with Crippen molar-refractivity contribution >= 4 is 10.0 Å². The maximum atomic E-state index is 12.9. The van der Waals surface area contributed by atoms with Crippen LogP contribution in [0.1, 0.15) is 25.7 Å². The van der Waals surface area contributed by atoms with Crippen LogP contribution in [0.25, 0.3) is 0 Å². The maximum absolute atomic E-state index is 12.9. The molecule has 0 radical (unpaired) electrons. The zero-order chi connectivity index (χ0) is 15.9. The van der Waals surface area contributed by atoms with E-state index in [0.29, 0.717) is 19.1 Å². The van der Waals surface area contributed by atoms with E-state index in [4.69, 9.17) is 9.47 Å². The van der Waals surface area contributed by atoms with Crippen LogP contribution in [0.5, 0.6) is 0 Å². The van der Waals surface area contributed by atoms with Crippen LogP contribution in [0, 0.1) is 5.92 Å². The molecule has 0 amide bonds. The van der Waals surface area contributed by atoms with E-state index in [1.165, 1.54) is 19.0 Å². The summed E-state index contributed by atoms with van der Waals surface area (Å²) in [7, 11) is -3.52. The molecule has 0 aromatic carbocycles. The van der Waals surface area contributed by atoms with Crippen LogP contribution in [0.3, 0.4) is 0 Å². The van der Waals surface area contributed by atoms with Crippen molar-refractivity contribution in [3.63, 3.8) is 0 Å². The van der Waals surface area contributed by atoms with Crippen molar-refractivity contribution in [2.75, 3.05) is 19.8 Å². The molecule has 0 bridgehead atoms. The second-order valence-electron chi connectivity index (χ2n) is 6.60. The van der Waals surface area contributed by atoms with E-state index in [2.05, 4.69) is 4.98 Å². The minimum absolute atomic E-state index is 0.0208. The molecule has 3 atom stereocenters. The van der Waals surface area contributed by atoms with Gasteiger partial charge in [0, 0.05) is 25.5 Å². The van der Waals surface area contributed by atoms with Gasteiger partial charge in [-0.05, 0) is 43.7 Å².